The number of amides is 1. The van der Waals surface area contributed by atoms with Crippen LogP contribution in [0.5, 0.6) is 0 Å². The molecule has 0 radical (unpaired) electrons. The van der Waals surface area contributed by atoms with E-state index in [1.54, 1.807) is 0 Å². The van der Waals surface area contributed by atoms with Crippen LogP contribution in [0.1, 0.15) is 40.7 Å². The summed E-state index contributed by atoms with van der Waals surface area (Å²) in [4.78, 5) is 15.1. The summed E-state index contributed by atoms with van der Waals surface area (Å²) in [6.07, 6.45) is 2.78. The van der Waals surface area contributed by atoms with Crippen LogP contribution in [0.2, 0.25) is 0 Å². The van der Waals surface area contributed by atoms with Gasteiger partial charge in [-0.3, -0.25) is 4.79 Å². The summed E-state index contributed by atoms with van der Waals surface area (Å²) in [7, 11) is 0. The summed E-state index contributed by atoms with van der Waals surface area (Å²) in [5.74, 6) is 0.120. The highest BCUT2D eigenvalue weighted by atomic mass is 32.1. The van der Waals surface area contributed by atoms with Crippen molar-refractivity contribution in [3.8, 4) is 0 Å². The molecule has 0 atom stereocenters. The quantitative estimate of drug-likeness (QED) is 0.841. The lowest BCUT2D eigenvalue weighted by atomic mass is 10.0. The van der Waals surface area contributed by atoms with Gasteiger partial charge in [-0.15, -0.1) is 0 Å². The normalized spacial score (nSPS) is 14.2. The first-order chi connectivity index (χ1) is 9.00. The molecule has 102 valence electrons. The number of hydrogen-bond donors (Lipinski definition) is 1. The van der Waals surface area contributed by atoms with Crippen LogP contribution in [0, 0.1) is 13.8 Å². The van der Waals surface area contributed by atoms with Crippen molar-refractivity contribution in [2.24, 2.45) is 5.73 Å². The Balaban J connectivity index is 2.21. The molecule has 1 saturated carbocycles. The Morgan fingerprint density at radius 1 is 1.37 bits per heavy atom. The van der Waals surface area contributed by atoms with Crippen molar-refractivity contribution >= 4 is 23.1 Å². The smallest absolute Gasteiger partial charge is 0.254 e. The summed E-state index contributed by atoms with van der Waals surface area (Å²) in [6.45, 7) is 4.60. The molecule has 0 saturated heterocycles. The highest BCUT2D eigenvalue weighted by Gasteiger charge is 2.33. The Kier molecular flexibility index (Phi) is 4.20. The van der Waals surface area contributed by atoms with Gasteiger partial charge in [0.15, 0.2) is 0 Å². The topological polar surface area (TPSA) is 46.3 Å². The molecule has 3 nitrogen and oxygen atoms in total. The molecule has 0 aromatic heterocycles. The lowest BCUT2D eigenvalue weighted by Crippen LogP contribution is -2.36. The van der Waals surface area contributed by atoms with Crippen LogP contribution in [-0.2, 0) is 0 Å². The SMILES string of the molecule is Cc1cccc(C)c1C(=O)N(CCC(N)=S)C1CC1. The van der Waals surface area contributed by atoms with Crippen molar-refractivity contribution < 1.29 is 4.79 Å². The number of nitrogens with two attached hydrogens (primary N) is 1. The summed E-state index contributed by atoms with van der Waals surface area (Å²) in [6, 6.07) is 6.33. The van der Waals surface area contributed by atoms with Gasteiger partial charge in [0.05, 0.1) is 4.99 Å². The van der Waals surface area contributed by atoms with Gasteiger partial charge in [0, 0.05) is 24.6 Å². The van der Waals surface area contributed by atoms with Gasteiger partial charge in [-0.1, -0.05) is 30.4 Å². The molecule has 0 aliphatic heterocycles. The molecule has 2 N–H and O–H groups in total. The molecule has 0 unspecified atom stereocenters. The van der Waals surface area contributed by atoms with E-state index in [2.05, 4.69) is 0 Å². The number of nitrogens with zero attached hydrogens (tertiary/aromatic N) is 1. The first-order valence-electron chi connectivity index (χ1n) is 6.66. The molecule has 1 aliphatic carbocycles. The van der Waals surface area contributed by atoms with Crippen molar-refractivity contribution in [3.05, 3.63) is 34.9 Å². The first-order valence-corrected chi connectivity index (χ1v) is 7.07. The molecule has 2 rings (SSSR count). The number of aryl methyl sites for hydroxylation is 2. The van der Waals surface area contributed by atoms with Gasteiger partial charge in [0.25, 0.3) is 5.91 Å². The Hall–Kier alpha value is -1.42. The van der Waals surface area contributed by atoms with E-state index in [4.69, 9.17) is 18.0 Å². The summed E-state index contributed by atoms with van der Waals surface area (Å²) >= 11 is 4.92. The second kappa shape index (κ2) is 5.70. The fraction of sp³-hybridized carbons (Fsp3) is 0.467. The van der Waals surface area contributed by atoms with Gasteiger partial charge in [0.2, 0.25) is 0 Å². The van der Waals surface area contributed by atoms with Crippen LogP contribution in [-0.4, -0.2) is 28.4 Å². The Labute approximate surface area is 119 Å². The highest BCUT2D eigenvalue weighted by molar-refractivity contribution is 7.80. The van der Waals surface area contributed by atoms with Gasteiger partial charge in [-0.05, 0) is 37.8 Å². The number of thiocarbonyl (C=S) groups is 1. The Bertz CT molecular complexity index is 489. The summed E-state index contributed by atoms with van der Waals surface area (Å²) in [5, 5.41) is 0. The highest BCUT2D eigenvalue weighted by Crippen LogP contribution is 2.29. The van der Waals surface area contributed by atoms with Crippen LogP contribution in [0.15, 0.2) is 18.2 Å². The number of carbonyl (C=O) groups excluding carboxylic acids is 1. The lowest BCUT2D eigenvalue weighted by molar-refractivity contribution is 0.0746. The van der Waals surface area contributed by atoms with Gasteiger partial charge in [-0.25, -0.2) is 0 Å². The molecule has 1 amide bonds. The van der Waals surface area contributed by atoms with Gasteiger partial charge < -0.3 is 10.6 Å². The molecule has 1 fully saturated rings. The van der Waals surface area contributed by atoms with E-state index in [0.717, 1.165) is 29.5 Å². The summed E-state index contributed by atoms with van der Waals surface area (Å²) < 4.78 is 0. The van der Waals surface area contributed by atoms with Crippen LogP contribution < -0.4 is 5.73 Å². The Morgan fingerprint density at radius 3 is 2.42 bits per heavy atom. The van der Waals surface area contributed by atoms with Crippen LogP contribution >= 0.6 is 12.2 Å². The molecule has 19 heavy (non-hydrogen) atoms. The van der Waals surface area contributed by atoms with Gasteiger partial charge >= 0.3 is 0 Å². The van der Waals surface area contributed by atoms with Crippen molar-refractivity contribution in [2.45, 2.75) is 39.2 Å². The maximum atomic E-state index is 12.7. The maximum absolute atomic E-state index is 12.7. The van der Waals surface area contributed by atoms with Crippen molar-refractivity contribution in [3.63, 3.8) is 0 Å². The van der Waals surface area contributed by atoms with Gasteiger partial charge in [-0.2, -0.15) is 0 Å². The number of rotatable bonds is 5. The van der Waals surface area contributed by atoms with E-state index in [1.807, 2.05) is 36.9 Å². The molecule has 4 heteroatoms. The van der Waals surface area contributed by atoms with Crippen LogP contribution in [0.3, 0.4) is 0 Å². The fourth-order valence-electron chi connectivity index (χ4n) is 2.36. The Morgan fingerprint density at radius 2 is 1.95 bits per heavy atom. The van der Waals surface area contributed by atoms with E-state index in [9.17, 15) is 4.79 Å². The average molecular weight is 276 g/mol. The largest absolute Gasteiger partial charge is 0.393 e. The van der Waals surface area contributed by atoms with E-state index in [1.165, 1.54) is 0 Å². The van der Waals surface area contributed by atoms with Crippen molar-refractivity contribution in [1.82, 2.24) is 4.90 Å². The standard InChI is InChI=1S/C15H20N2OS/c1-10-4-3-5-11(2)14(10)15(18)17(12-6-7-12)9-8-13(16)19/h3-5,12H,6-9H2,1-2H3,(H2,16,19). The fourth-order valence-corrected chi connectivity index (χ4v) is 2.45. The van der Waals surface area contributed by atoms with Crippen molar-refractivity contribution in [2.75, 3.05) is 6.54 Å². The monoisotopic (exact) mass is 276 g/mol. The van der Waals surface area contributed by atoms with Crippen molar-refractivity contribution in [1.29, 1.82) is 0 Å². The first kappa shape index (κ1) is 14.0. The minimum Gasteiger partial charge on any atom is -0.393 e. The molecular weight excluding hydrogens is 256 g/mol. The summed E-state index contributed by atoms with van der Waals surface area (Å²) in [5.41, 5.74) is 8.45. The van der Waals surface area contributed by atoms with Crippen LogP contribution in [0.25, 0.3) is 0 Å². The molecule has 1 aromatic carbocycles. The number of hydrogen-bond acceptors (Lipinski definition) is 2. The molecular formula is C15H20N2OS. The third kappa shape index (κ3) is 3.32. The minimum absolute atomic E-state index is 0.120. The second-order valence-corrected chi connectivity index (χ2v) is 5.74. The number of benzene rings is 1. The minimum atomic E-state index is 0.120. The van der Waals surface area contributed by atoms with E-state index >= 15 is 0 Å². The second-order valence-electron chi connectivity index (χ2n) is 5.21. The molecule has 0 bridgehead atoms. The molecule has 1 aromatic rings. The zero-order valence-electron chi connectivity index (χ0n) is 11.5. The predicted molar refractivity (Wildman–Crippen MR) is 81.4 cm³/mol. The van der Waals surface area contributed by atoms with E-state index in [0.29, 0.717) is 24.0 Å². The zero-order chi connectivity index (χ0) is 14.0. The number of carbonyl (C=O) groups is 1. The average Bonchev–Trinajstić information content (AvgIpc) is 3.13. The van der Waals surface area contributed by atoms with E-state index in [-0.39, 0.29) is 5.91 Å². The predicted octanol–water partition coefficient (Wildman–Crippen LogP) is 2.58. The molecule has 0 spiro atoms. The molecule has 0 heterocycles. The van der Waals surface area contributed by atoms with Crippen LogP contribution in [0.4, 0.5) is 0 Å². The van der Waals surface area contributed by atoms with E-state index < -0.39 is 0 Å². The van der Waals surface area contributed by atoms with Gasteiger partial charge in [0.1, 0.15) is 0 Å². The third-order valence-corrected chi connectivity index (χ3v) is 3.75. The third-order valence-electron chi connectivity index (χ3n) is 3.54. The zero-order valence-corrected chi connectivity index (χ0v) is 12.3. The lowest BCUT2D eigenvalue weighted by Gasteiger charge is -2.24. The maximum Gasteiger partial charge on any atom is 0.254 e. The molecule has 1 aliphatic rings.